The average Bonchev–Trinajstić information content (AvgIpc) is 3.63. The summed E-state index contributed by atoms with van der Waals surface area (Å²) >= 11 is 5.95. The Balaban J connectivity index is 1.29. The maximum absolute atomic E-state index is 14.0. The van der Waals surface area contributed by atoms with Crippen molar-refractivity contribution < 1.29 is 35.9 Å². The minimum Gasteiger partial charge on any atom is -0.485 e. The van der Waals surface area contributed by atoms with Crippen LogP contribution in [0.4, 0.5) is 24.7 Å². The predicted octanol–water partition coefficient (Wildman–Crippen LogP) is 6.90. The van der Waals surface area contributed by atoms with Crippen LogP contribution in [0.5, 0.6) is 17.4 Å². The maximum Gasteiger partial charge on any atom is 0.272 e. The van der Waals surface area contributed by atoms with Crippen LogP contribution in [0.25, 0.3) is 16.6 Å². The number of alkyl halides is 2. The van der Waals surface area contributed by atoms with Gasteiger partial charge in [-0.15, -0.1) is 0 Å². The molecule has 0 saturated heterocycles. The number of nitrogens with one attached hydrogen (secondary N) is 2. The summed E-state index contributed by atoms with van der Waals surface area (Å²) in [5.74, 6) is -1.18. The van der Waals surface area contributed by atoms with E-state index in [2.05, 4.69) is 19.8 Å². The van der Waals surface area contributed by atoms with Crippen LogP contribution in [-0.2, 0) is 10.0 Å². The second-order valence-corrected chi connectivity index (χ2v) is 12.5. The van der Waals surface area contributed by atoms with Gasteiger partial charge in [0.2, 0.25) is 11.7 Å². The molecule has 6 aromatic rings. The number of ketones is 1. The summed E-state index contributed by atoms with van der Waals surface area (Å²) in [6, 6.07) is 17.0. The number of nitrogens with two attached hydrogens (primary N) is 1. The first-order valence-electron chi connectivity index (χ1n) is 14.0. The van der Waals surface area contributed by atoms with E-state index in [4.69, 9.17) is 26.8 Å². The highest BCUT2D eigenvalue weighted by atomic mass is 35.5. The zero-order valence-corrected chi connectivity index (χ0v) is 26.3. The molecule has 6 rings (SSSR count). The van der Waals surface area contributed by atoms with E-state index in [0.717, 1.165) is 0 Å². The van der Waals surface area contributed by atoms with Gasteiger partial charge >= 0.3 is 0 Å². The maximum atomic E-state index is 14.0. The van der Waals surface area contributed by atoms with Crippen molar-refractivity contribution >= 4 is 49.8 Å². The number of hydrogen-bond acceptors (Lipinski definition) is 8. The quantitative estimate of drug-likeness (QED) is 0.124. The van der Waals surface area contributed by atoms with Crippen LogP contribution in [-0.4, -0.2) is 47.0 Å². The number of anilines is 2. The molecule has 0 saturated carbocycles. The lowest BCUT2D eigenvalue weighted by Gasteiger charge is -2.14. The van der Waals surface area contributed by atoms with Crippen LogP contribution >= 0.6 is 11.6 Å². The number of fused-ring (bicyclic) bond motifs is 1. The number of aryl methyl sites for hydroxylation is 1. The number of aromatic amines is 1. The standard InChI is InChI=1S/C32H24ClF3N6O5S/c1-17-9-30(47-27-8-3-2-7-22(27)34)38-15-26(17)42-32(37)21(14-39-42)31(43)25-10-18-11-28(46-16-29(35)36)24(13-23(18)40-25)41-48(44,45)20-6-4-5-19(33)12-20/h2-15,29,40-41H,16,37H2,1H3. The molecule has 0 atom stereocenters. The lowest BCUT2D eigenvalue weighted by atomic mass is 10.1. The Kier molecular flexibility index (Phi) is 8.73. The molecule has 48 heavy (non-hydrogen) atoms. The number of rotatable bonds is 11. The molecule has 0 aliphatic rings. The molecule has 0 amide bonds. The first-order chi connectivity index (χ1) is 22.9. The topological polar surface area (TPSA) is 154 Å². The highest BCUT2D eigenvalue weighted by Gasteiger charge is 2.23. The number of aromatic nitrogens is 4. The molecule has 3 aromatic heterocycles. The third-order valence-electron chi connectivity index (χ3n) is 7.07. The molecule has 0 radical (unpaired) electrons. The molecule has 0 aliphatic heterocycles. The van der Waals surface area contributed by atoms with Crippen LogP contribution in [0.3, 0.4) is 0 Å². The Labute approximate surface area is 276 Å². The van der Waals surface area contributed by atoms with Gasteiger partial charge in [-0.1, -0.05) is 29.8 Å². The third-order valence-corrected chi connectivity index (χ3v) is 8.67. The number of carbonyl (C=O) groups excluding carboxylic acids is 1. The van der Waals surface area contributed by atoms with Crippen molar-refractivity contribution in [2.24, 2.45) is 0 Å². The van der Waals surface area contributed by atoms with Crippen molar-refractivity contribution in [1.29, 1.82) is 0 Å². The Hall–Kier alpha value is -5.54. The minimum absolute atomic E-state index is 0.000287. The summed E-state index contributed by atoms with van der Waals surface area (Å²) in [7, 11) is -4.21. The summed E-state index contributed by atoms with van der Waals surface area (Å²) in [6.07, 6.45) is -0.150. The fourth-order valence-corrected chi connectivity index (χ4v) is 6.14. The van der Waals surface area contributed by atoms with E-state index in [1.165, 1.54) is 77.7 Å². The summed E-state index contributed by atoms with van der Waals surface area (Å²) in [6.45, 7) is 0.727. The van der Waals surface area contributed by atoms with Gasteiger partial charge in [0, 0.05) is 22.0 Å². The molecule has 0 fully saturated rings. The van der Waals surface area contributed by atoms with Crippen molar-refractivity contribution in [3.63, 3.8) is 0 Å². The summed E-state index contributed by atoms with van der Waals surface area (Å²) in [4.78, 5) is 20.6. The fourth-order valence-electron chi connectivity index (χ4n) is 4.78. The van der Waals surface area contributed by atoms with Gasteiger partial charge in [-0.3, -0.25) is 9.52 Å². The number of ether oxygens (including phenoxy) is 2. The molecular weight excluding hydrogens is 673 g/mol. The lowest BCUT2D eigenvalue weighted by molar-refractivity contribution is 0.0823. The van der Waals surface area contributed by atoms with Gasteiger partial charge in [0.1, 0.15) is 18.2 Å². The molecule has 11 nitrogen and oxygen atoms in total. The molecule has 3 heterocycles. The SMILES string of the molecule is Cc1cc(Oc2ccccc2F)ncc1-n1ncc(C(=O)c2cc3cc(OCC(F)F)c(NS(=O)(=O)c4cccc(Cl)c4)cc3[nH]2)c1N. The summed E-state index contributed by atoms with van der Waals surface area (Å²) < 4.78 is 80.7. The van der Waals surface area contributed by atoms with Gasteiger partial charge in [-0.2, -0.15) is 5.10 Å². The first kappa shape index (κ1) is 32.4. The van der Waals surface area contributed by atoms with Gasteiger partial charge in [0.25, 0.3) is 16.4 Å². The highest BCUT2D eigenvalue weighted by Crippen LogP contribution is 2.34. The van der Waals surface area contributed by atoms with Gasteiger partial charge in [0.05, 0.1) is 39.9 Å². The van der Waals surface area contributed by atoms with Crippen molar-refractivity contribution in [2.75, 3.05) is 17.1 Å². The molecule has 0 bridgehead atoms. The highest BCUT2D eigenvalue weighted by molar-refractivity contribution is 7.92. The predicted molar refractivity (Wildman–Crippen MR) is 172 cm³/mol. The van der Waals surface area contributed by atoms with Crippen LogP contribution in [0.15, 0.2) is 90.1 Å². The van der Waals surface area contributed by atoms with Gasteiger partial charge in [0.15, 0.2) is 11.6 Å². The zero-order valence-electron chi connectivity index (χ0n) is 24.7. The number of hydrogen-bond donors (Lipinski definition) is 3. The Bertz CT molecular complexity index is 2290. The van der Waals surface area contributed by atoms with E-state index in [1.54, 1.807) is 19.1 Å². The van der Waals surface area contributed by atoms with Crippen molar-refractivity contribution in [3.05, 3.63) is 113 Å². The Morgan fingerprint density at radius 1 is 1.06 bits per heavy atom. The number of carbonyl (C=O) groups is 1. The van der Waals surface area contributed by atoms with E-state index in [0.29, 0.717) is 22.2 Å². The monoisotopic (exact) mass is 696 g/mol. The van der Waals surface area contributed by atoms with Gasteiger partial charge in [-0.25, -0.2) is 31.3 Å². The normalized spacial score (nSPS) is 11.6. The number of halogens is 4. The van der Waals surface area contributed by atoms with E-state index >= 15 is 0 Å². The average molecular weight is 697 g/mol. The van der Waals surface area contributed by atoms with E-state index < -0.39 is 34.7 Å². The number of nitrogens with zero attached hydrogens (tertiary/aromatic N) is 3. The fraction of sp³-hybridized carbons (Fsp3) is 0.0938. The Morgan fingerprint density at radius 3 is 2.58 bits per heavy atom. The summed E-state index contributed by atoms with van der Waals surface area (Å²) in [5, 5.41) is 4.80. The minimum atomic E-state index is -4.21. The molecule has 3 aromatic carbocycles. The number of pyridine rings is 1. The first-order valence-corrected chi connectivity index (χ1v) is 15.9. The molecule has 16 heteroatoms. The van der Waals surface area contributed by atoms with Crippen LogP contribution in [0, 0.1) is 12.7 Å². The lowest BCUT2D eigenvalue weighted by Crippen LogP contribution is -2.15. The van der Waals surface area contributed by atoms with Crippen LogP contribution in [0.2, 0.25) is 5.02 Å². The largest absolute Gasteiger partial charge is 0.485 e. The van der Waals surface area contributed by atoms with Crippen molar-refractivity contribution in [2.45, 2.75) is 18.2 Å². The number of H-pyrrole nitrogens is 1. The van der Waals surface area contributed by atoms with Crippen molar-refractivity contribution in [3.8, 4) is 23.1 Å². The van der Waals surface area contributed by atoms with Crippen LogP contribution in [0.1, 0.15) is 21.6 Å². The third kappa shape index (κ3) is 6.63. The van der Waals surface area contributed by atoms with Crippen molar-refractivity contribution in [1.82, 2.24) is 19.7 Å². The van der Waals surface area contributed by atoms with E-state index in [1.807, 2.05) is 0 Å². The second kappa shape index (κ2) is 12.9. The van der Waals surface area contributed by atoms with Gasteiger partial charge in [-0.05, 0) is 61.0 Å². The molecule has 0 aliphatic carbocycles. The zero-order chi connectivity index (χ0) is 34.2. The Morgan fingerprint density at radius 2 is 1.85 bits per heavy atom. The molecule has 0 unspecified atom stereocenters. The smallest absolute Gasteiger partial charge is 0.272 e. The second-order valence-electron chi connectivity index (χ2n) is 10.4. The number of benzene rings is 3. The molecule has 4 N–H and O–H groups in total. The number of para-hydroxylation sites is 1. The molecule has 0 spiro atoms. The van der Waals surface area contributed by atoms with Gasteiger partial charge < -0.3 is 20.2 Å². The van der Waals surface area contributed by atoms with E-state index in [9.17, 15) is 26.4 Å². The molecular formula is C32H24ClF3N6O5S. The number of sulfonamides is 1. The van der Waals surface area contributed by atoms with E-state index in [-0.39, 0.29) is 50.1 Å². The van der Waals surface area contributed by atoms with Crippen LogP contribution < -0.4 is 19.9 Å². The summed E-state index contributed by atoms with van der Waals surface area (Å²) in [5.41, 5.74) is 7.62. The molecule has 246 valence electrons. The number of nitrogen functional groups attached to an aromatic ring is 1.